The highest BCUT2D eigenvalue weighted by atomic mass is 35.5. The molecule has 1 unspecified atom stereocenters. The topological polar surface area (TPSA) is 0 Å². The highest BCUT2D eigenvalue weighted by Gasteiger charge is 2.06. The molecule has 0 aliphatic carbocycles. The molecule has 1 heteroatoms. The Hall–Kier alpha value is -0.490. The number of rotatable bonds is 3. The number of hydrogen-bond acceptors (Lipinski definition) is 0. The second-order valence-electron chi connectivity index (χ2n) is 3.36. The summed E-state index contributed by atoms with van der Waals surface area (Å²) in [6, 6.07) is 6.63. The van der Waals surface area contributed by atoms with E-state index in [1.807, 2.05) is 6.92 Å². The van der Waals surface area contributed by atoms with Gasteiger partial charge in [0.15, 0.2) is 0 Å². The SMILES string of the molecule is CCc1ccc(CC)c(C(C)Cl)c1. The normalized spacial score (nSPS) is 12.9. The van der Waals surface area contributed by atoms with Crippen LogP contribution in [-0.2, 0) is 12.8 Å². The minimum Gasteiger partial charge on any atom is -0.118 e. The van der Waals surface area contributed by atoms with Crippen LogP contribution in [0.3, 0.4) is 0 Å². The predicted molar refractivity (Wildman–Crippen MR) is 59.5 cm³/mol. The number of benzene rings is 1. The lowest BCUT2D eigenvalue weighted by Crippen LogP contribution is -1.95. The Labute approximate surface area is 85.9 Å². The zero-order valence-corrected chi connectivity index (χ0v) is 9.36. The summed E-state index contributed by atoms with van der Waals surface area (Å²) in [7, 11) is 0. The first-order valence-electron chi connectivity index (χ1n) is 4.94. The third kappa shape index (κ3) is 2.47. The highest BCUT2D eigenvalue weighted by Crippen LogP contribution is 2.25. The maximum atomic E-state index is 6.12. The minimum atomic E-state index is 0.126. The van der Waals surface area contributed by atoms with Crippen molar-refractivity contribution in [1.29, 1.82) is 0 Å². The van der Waals surface area contributed by atoms with Gasteiger partial charge in [0.05, 0.1) is 5.38 Å². The molecule has 72 valence electrons. The van der Waals surface area contributed by atoms with Gasteiger partial charge in [-0.1, -0.05) is 32.0 Å². The standard InChI is InChI=1S/C12H17Cl/c1-4-10-6-7-11(5-2)12(8-10)9(3)13/h6-9H,4-5H2,1-3H3. The van der Waals surface area contributed by atoms with Gasteiger partial charge in [-0.15, -0.1) is 11.6 Å². The summed E-state index contributed by atoms with van der Waals surface area (Å²) in [5.74, 6) is 0. The Morgan fingerprint density at radius 2 is 1.92 bits per heavy atom. The number of alkyl halides is 1. The van der Waals surface area contributed by atoms with Gasteiger partial charge in [0.2, 0.25) is 0 Å². The lowest BCUT2D eigenvalue weighted by Gasteiger charge is -2.11. The van der Waals surface area contributed by atoms with E-state index >= 15 is 0 Å². The average molecular weight is 197 g/mol. The van der Waals surface area contributed by atoms with Gasteiger partial charge < -0.3 is 0 Å². The van der Waals surface area contributed by atoms with Gasteiger partial charge >= 0.3 is 0 Å². The fourth-order valence-electron chi connectivity index (χ4n) is 1.56. The molecule has 0 amide bonds. The maximum absolute atomic E-state index is 6.12. The molecule has 0 nitrogen and oxygen atoms in total. The first kappa shape index (κ1) is 10.6. The van der Waals surface area contributed by atoms with Gasteiger partial charge in [0.25, 0.3) is 0 Å². The van der Waals surface area contributed by atoms with Crippen LogP contribution in [0.2, 0.25) is 0 Å². The van der Waals surface area contributed by atoms with E-state index < -0.39 is 0 Å². The molecule has 0 saturated heterocycles. The molecule has 0 bridgehead atoms. The Morgan fingerprint density at radius 3 is 2.38 bits per heavy atom. The summed E-state index contributed by atoms with van der Waals surface area (Å²) >= 11 is 6.12. The molecule has 1 aromatic rings. The predicted octanol–water partition coefficient (Wildman–Crippen LogP) is 4.11. The van der Waals surface area contributed by atoms with E-state index in [9.17, 15) is 0 Å². The van der Waals surface area contributed by atoms with Crippen molar-refractivity contribution in [1.82, 2.24) is 0 Å². The van der Waals surface area contributed by atoms with E-state index in [4.69, 9.17) is 11.6 Å². The van der Waals surface area contributed by atoms with Crippen LogP contribution in [0, 0.1) is 0 Å². The molecule has 0 aromatic heterocycles. The summed E-state index contributed by atoms with van der Waals surface area (Å²) in [6.07, 6.45) is 2.15. The number of hydrogen-bond donors (Lipinski definition) is 0. The molecule has 1 aromatic carbocycles. The third-order valence-electron chi connectivity index (χ3n) is 2.43. The summed E-state index contributed by atoms with van der Waals surface area (Å²) in [5.41, 5.74) is 4.04. The second-order valence-corrected chi connectivity index (χ2v) is 4.01. The quantitative estimate of drug-likeness (QED) is 0.639. The number of aryl methyl sites for hydroxylation is 2. The molecule has 0 aliphatic heterocycles. The van der Waals surface area contributed by atoms with Crippen LogP contribution in [0.5, 0.6) is 0 Å². The average Bonchev–Trinajstić information content (AvgIpc) is 2.16. The summed E-state index contributed by atoms with van der Waals surface area (Å²) in [5, 5.41) is 0.126. The summed E-state index contributed by atoms with van der Waals surface area (Å²) in [6.45, 7) is 6.38. The molecule has 0 radical (unpaired) electrons. The smallest absolute Gasteiger partial charge is 0.0559 e. The third-order valence-corrected chi connectivity index (χ3v) is 2.66. The van der Waals surface area contributed by atoms with E-state index in [2.05, 4.69) is 32.0 Å². The molecule has 0 spiro atoms. The highest BCUT2D eigenvalue weighted by molar-refractivity contribution is 6.20. The molecule has 0 saturated carbocycles. The van der Waals surface area contributed by atoms with E-state index in [0.717, 1.165) is 12.8 Å². The fraction of sp³-hybridized carbons (Fsp3) is 0.500. The molecule has 0 aliphatic rings. The molecule has 0 heterocycles. The first-order chi connectivity index (χ1) is 6.19. The van der Waals surface area contributed by atoms with Gasteiger partial charge in [-0.05, 0) is 36.5 Å². The second kappa shape index (κ2) is 4.66. The van der Waals surface area contributed by atoms with Crippen LogP contribution in [0.15, 0.2) is 18.2 Å². The number of halogens is 1. The van der Waals surface area contributed by atoms with Crippen molar-refractivity contribution < 1.29 is 0 Å². The summed E-state index contributed by atoms with van der Waals surface area (Å²) < 4.78 is 0. The molecular formula is C12H17Cl. The van der Waals surface area contributed by atoms with Gasteiger partial charge in [-0.25, -0.2) is 0 Å². The molecule has 1 atom stereocenters. The van der Waals surface area contributed by atoms with Gasteiger partial charge in [-0.3, -0.25) is 0 Å². The molecular weight excluding hydrogens is 180 g/mol. The Bertz CT molecular complexity index is 276. The van der Waals surface area contributed by atoms with Crippen LogP contribution in [0.25, 0.3) is 0 Å². The largest absolute Gasteiger partial charge is 0.118 e. The maximum Gasteiger partial charge on any atom is 0.0559 e. The van der Waals surface area contributed by atoms with Crippen LogP contribution in [0.1, 0.15) is 42.8 Å². The van der Waals surface area contributed by atoms with E-state index in [1.54, 1.807) is 0 Å². The van der Waals surface area contributed by atoms with Crippen molar-refractivity contribution in [3.63, 3.8) is 0 Å². The lowest BCUT2D eigenvalue weighted by atomic mass is 9.99. The van der Waals surface area contributed by atoms with Crippen molar-refractivity contribution in [2.75, 3.05) is 0 Å². The van der Waals surface area contributed by atoms with Crippen molar-refractivity contribution in [2.24, 2.45) is 0 Å². The van der Waals surface area contributed by atoms with Gasteiger partial charge in [-0.2, -0.15) is 0 Å². The van der Waals surface area contributed by atoms with Crippen LogP contribution in [0.4, 0.5) is 0 Å². The molecule has 0 fully saturated rings. The minimum absolute atomic E-state index is 0.126. The van der Waals surface area contributed by atoms with Crippen LogP contribution >= 0.6 is 11.6 Å². The monoisotopic (exact) mass is 196 g/mol. The Balaban J connectivity index is 3.10. The molecule has 0 N–H and O–H groups in total. The Kier molecular flexibility index (Phi) is 3.80. The zero-order chi connectivity index (χ0) is 9.84. The van der Waals surface area contributed by atoms with E-state index in [1.165, 1.54) is 16.7 Å². The van der Waals surface area contributed by atoms with Crippen molar-refractivity contribution in [2.45, 2.75) is 39.0 Å². The van der Waals surface area contributed by atoms with E-state index in [0.29, 0.717) is 0 Å². The van der Waals surface area contributed by atoms with Crippen molar-refractivity contribution >= 4 is 11.6 Å². The zero-order valence-electron chi connectivity index (χ0n) is 8.60. The van der Waals surface area contributed by atoms with Crippen LogP contribution in [-0.4, -0.2) is 0 Å². The van der Waals surface area contributed by atoms with Crippen molar-refractivity contribution in [3.8, 4) is 0 Å². The van der Waals surface area contributed by atoms with E-state index in [-0.39, 0.29) is 5.38 Å². The first-order valence-corrected chi connectivity index (χ1v) is 5.38. The fourth-order valence-corrected chi connectivity index (χ4v) is 1.76. The lowest BCUT2D eigenvalue weighted by molar-refractivity contribution is 0.991. The summed E-state index contributed by atoms with van der Waals surface area (Å²) in [4.78, 5) is 0. The van der Waals surface area contributed by atoms with Gasteiger partial charge in [0.1, 0.15) is 0 Å². The van der Waals surface area contributed by atoms with Gasteiger partial charge in [0, 0.05) is 0 Å². The molecule has 1 rings (SSSR count). The van der Waals surface area contributed by atoms with Crippen molar-refractivity contribution in [3.05, 3.63) is 34.9 Å². The molecule has 13 heavy (non-hydrogen) atoms. The van der Waals surface area contributed by atoms with Crippen LogP contribution < -0.4 is 0 Å². The Morgan fingerprint density at radius 1 is 1.23 bits per heavy atom.